The molecule has 0 aromatic heterocycles. The van der Waals surface area contributed by atoms with Gasteiger partial charge in [0.1, 0.15) is 5.75 Å². The van der Waals surface area contributed by atoms with Gasteiger partial charge in [0.05, 0.1) is 24.1 Å². The molecule has 1 aromatic rings. The Morgan fingerprint density at radius 1 is 1.38 bits per heavy atom. The molecule has 0 saturated carbocycles. The van der Waals surface area contributed by atoms with Crippen LogP contribution in [-0.4, -0.2) is 45.8 Å². The number of carbonyl (C=O) groups is 1. The average Bonchev–Trinajstić information content (AvgIpc) is 3.15. The van der Waals surface area contributed by atoms with Crippen LogP contribution >= 0.6 is 0 Å². The zero-order chi connectivity index (χ0) is 19.3. The molecule has 2 atom stereocenters. The quantitative estimate of drug-likeness (QED) is 0.638. The van der Waals surface area contributed by atoms with Crippen molar-refractivity contribution in [3.05, 3.63) is 23.3 Å². The Labute approximate surface area is 155 Å². The van der Waals surface area contributed by atoms with E-state index in [9.17, 15) is 13.2 Å². The van der Waals surface area contributed by atoms with Crippen LogP contribution in [0.2, 0.25) is 0 Å². The zero-order valence-corrected chi connectivity index (χ0v) is 16.7. The minimum Gasteiger partial charge on any atom is -0.496 e. The molecule has 8 heteroatoms. The molecule has 1 fully saturated rings. The van der Waals surface area contributed by atoms with E-state index in [1.807, 2.05) is 6.92 Å². The molecule has 1 aliphatic heterocycles. The maximum Gasteiger partial charge on any atom is 0.255 e. The van der Waals surface area contributed by atoms with Crippen LogP contribution in [0.4, 0.5) is 5.69 Å². The minimum atomic E-state index is -3.43. The second-order valence-corrected chi connectivity index (χ2v) is 8.57. The third-order valence-corrected chi connectivity index (χ3v) is 6.07. The molecule has 3 N–H and O–H groups in total. The summed E-state index contributed by atoms with van der Waals surface area (Å²) >= 11 is 0. The molecule has 1 heterocycles. The summed E-state index contributed by atoms with van der Waals surface area (Å²) in [6.07, 6.45) is 2.95. The lowest BCUT2D eigenvalue weighted by molar-refractivity contribution is 0.0924. The minimum absolute atomic E-state index is 0.0202. The number of carbonyl (C=O) groups excluding carboxylic acids is 1. The average molecular weight is 384 g/mol. The van der Waals surface area contributed by atoms with Gasteiger partial charge < -0.3 is 15.4 Å². The fraction of sp³-hybridized carbons (Fsp3) is 0.611. The number of anilines is 1. The first-order valence-electron chi connectivity index (χ1n) is 9.04. The van der Waals surface area contributed by atoms with Crippen molar-refractivity contribution in [3.8, 4) is 5.75 Å². The molecule has 0 radical (unpaired) electrons. The molecule has 1 aliphatic rings. The molecule has 1 saturated heterocycles. The highest BCUT2D eigenvalue weighted by Crippen LogP contribution is 2.28. The molecule has 26 heavy (non-hydrogen) atoms. The van der Waals surface area contributed by atoms with Crippen LogP contribution in [0.1, 0.15) is 49.0 Å². The maximum atomic E-state index is 12.9. The number of methoxy groups -OCH3 is 1. The summed E-state index contributed by atoms with van der Waals surface area (Å²) < 4.78 is 31.7. The van der Waals surface area contributed by atoms with Gasteiger partial charge in [-0.3, -0.25) is 9.52 Å². The Balaban J connectivity index is 2.29. The predicted octanol–water partition coefficient (Wildman–Crippen LogP) is 2.03. The van der Waals surface area contributed by atoms with Crippen molar-refractivity contribution in [1.29, 1.82) is 0 Å². The van der Waals surface area contributed by atoms with Gasteiger partial charge in [-0.1, -0.05) is 6.92 Å². The van der Waals surface area contributed by atoms with Crippen molar-refractivity contribution in [2.45, 2.75) is 52.1 Å². The molecule has 1 amide bonds. The Morgan fingerprint density at radius 3 is 2.65 bits per heavy atom. The number of nitrogens with one attached hydrogen (secondary N) is 3. The largest absolute Gasteiger partial charge is 0.496 e. The number of ether oxygens (including phenoxy) is 1. The lowest BCUT2D eigenvalue weighted by Gasteiger charge is -2.24. The SMILES string of the molecule is CCC(NC(=O)c1cc(NS(=O)(=O)CC)c(C)cc1OC)C1CCCN1. The lowest BCUT2D eigenvalue weighted by atomic mass is 10.0. The van der Waals surface area contributed by atoms with Crippen LogP contribution in [-0.2, 0) is 10.0 Å². The van der Waals surface area contributed by atoms with Crippen LogP contribution in [0.3, 0.4) is 0 Å². The fourth-order valence-corrected chi connectivity index (χ4v) is 3.86. The highest BCUT2D eigenvalue weighted by molar-refractivity contribution is 7.92. The number of hydrogen-bond donors (Lipinski definition) is 3. The highest BCUT2D eigenvalue weighted by atomic mass is 32.2. The molecular formula is C18H29N3O4S. The monoisotopic (exact) mass is 383 g/mol. The molecule has 146 valence electrons. The lowest BCUT2D eigenvalue weighted by Crippen LogP contribution is -2.47. The predicted molar refractivity (Wildman–Crippen MR) is 103 cm³/mol. The summed E-state index contributed by atoms with van der Waals surface area (Å²) in [6, 6.07) is 3.51. The van der Waals surface area contributed by atoms with E-state index in [0.29, 0.717) is 22.6 Å². The van der Waals surface area contributed by atoms with Gasteiger partial charge in [-0.05, 0) is 57.4 Å². The van der Waals surface area contributed by atoms with E-state index in [1.165, 1.54) is 7.11 Å². The Bertz CT molecular complexity index is 743. The molecular weight excluding hydrogens is 354 g/mol. The number of amides is 1. The normalized spacial score (nSPS) is 18.4. The van der Waals surface area contributed by atoms with Crippen molar-refractivity contribution in [1.82, 2.24) is 10.6 Å². The third-order valence-electron chi connectivity index (χ3n) is 4.78. The first-order chi connectivity index (χ1) is 12.3. The van der Waals surface area contributed by atoms with Gasteiger partial charge >= 0.3 is 0 Å². The van der Waals surface area contributed by atoms with E-state index in [1.54, 1.807) is 26.0 Å². The van der Waals surface area contributed by atoms with E-state index < -0.39 is 10.0 Å². The Kier molecular flexibility index (Phi) is 6.88. The summed E-state index contributed by atoms with van der Waals surface area (Å²) in [5.41, 5.74) is 1.41. The van der Waals surface area contributed by atoms with Crippen LogP contribution in [0.25, 0.3) is 0 Å². The highest BCUT2D eigenvalue weighted by Gasteiger charge is 2.26. The van der Waals surface area contributed by atoms with E-state index in [-0.39, 0.29) is 23.7 Å². The smallest absolute Gasteiger partial charge is 0.255 e. The van der Waals surface area contributed by atoms with E-state index in [2.05, 4.69) is 15.4 Å². The van der Waals surface area contributed by atoms with Gasteiger partial charge in [-0.25, -0.2) is 8.42 Å². The maximum absolute atomic E-state index is 12.9. The molecule has 0 aliphatic carbocycles. The van der Waals surface area contributed by atoms with Gasteiger partial charge in [0.2, 0.25) is 10.0 Å². The van der Waals surface area contributed by atoms with E-state index in [0.717, 1.165) is 25.8 Å². The molecule has 7 nitrogen and oxygen atoms in total. The fourth-order valence-electron chi connectivity index (χ4n) is 3.17. The van der Waals surface area contributed by atoms with Crippen LogP contribution in [0.5, 0.6) is 5.75 Å². The zero-order valence-electron chi connectivity index (χ0n) is 15.9. The second-order valence-electron chi connectivity index (χ2n) is 6.56. The van der Waals surface area contributed by atoms with Crippen molar-refractivity contribution in [3.63, 3.8) is 0 Å². The molecule has 2 unspecified atom stereocenters. The molecule has 0 bridgehead atoms. The molecule has 1 aromatic carbocycles. The summed E-state index contributed by atoms with van der Waals surface area (Å²) in [4.78, 5) is 12.9. The Morgan fingerprint density at radius 2 is 2.12 bits per heavy atom. The van der Waals surface area contributed by atoms with Crippen LogP contribution in [0, 0.1) is 6.92 Å². The van der Waals surface area contributed by atoms with Crippen molar-refractivity contribution < 1.29 is 17.9 Å². The summed E-state index contributed by atoms with van der Waals surface area (Å²) in [7, 11) is -1.93. The van der Waals surface area contributed by atoms with E-state index in [4.69, 9.17) is 4.74 Å². The number of benzene rings is 1. The first kappa shape index (κ1) is 20.5. The molecule has 0 spiro atoms. The van der Waals surface area contributed by atoms with Crippen molar-refractivity contribution in [2.24, 2.45) is 0 Å². The number of sulfonamides is 1. The molecule has 2 rings (SSSR count). The summed E-state index contributed by atoms with van der Waals surface area (Å²) in [5, 5.41) is 6.48. The van der Waals surface area contributed by atoms with Gasteiger partial charge in [-0.15, -0.1) is 0 Å². The summed E-state index contributed by atoms with van der Waals surface area (Å²) in [6.45, 7) is 6.34. The van der Waals surface area contributed by atoms with Crippen molar-refractivity contribution >= 4 is 21.6 Å². The van der Waals surface area contributed by atoms with Gasteiger partial charge in [0.25, 0.3) is 5.91 Å². The first-order valence-corrected chi connectivity index (χ1v) is 10.7. The van der Waals surface area contributed by atoms with Crippen LogP contribution in [0.15, 0.2) is 12.1 Å². The van der Waals surface area contributed by atoms with Gasteiger partial charge in [0, 0.05) is 12.1 Å². The van der Waals surface area contributed by atoms with Gasteiger partial charge in [-0.2, -0.15) is 0 Å². The van der Waals surface area contributed by atoms with Crippen molar-refractivity contribution in [2.75, 3.05) is 24.1 Å². The number of aryl methyl sites for hydroxylation is 1. The van der Waals surface area contributed by atoms with Crippen LogP contribution < -0.4 is 20.1 Å². The standard InChI is InChI=1S/C18H29N3O4S/c1-5-14(15-8-7-9-19-15)20-18(22)13-11-16(21-26(23,24)6-2)12(3)10-17(13)25-4/h10-11,14-15,19,21H,5-9H2,1-4H3,(H,20,22). The Hall–Kier alpha value is -1.80. The van der Waals surface area contributed by atoms with Gasteiger partial charge in [0.15, 0.2) is 0 Å². The topological polar surface area (TPSA) is 96.5 Å². The summed E-state index contributed by atoms with van der Waals surface area (Å²) in [5.74, 6) is 0.124. The number of rotatable bonds is 8. The number of hydrogen-bond acceptors (Lipinski definition) is 5. The second kappa shape index (κ2) is 8.73. The third kappa shape index (κ3) is 4.88. The van der Waals surface area contributed by atoms with E-state index >= 15 is 0 Å².